The molecule has 0 N–H and O–H groups in total. The molecule has 0 radical (unpaired) electrons. The van der Waals surface area contributed by atoms with Crippen LogP contribution < -0.4 is 9.64 Å². The van der Waals surface area contributed by atoms with Crippen molar-refractivity contribution in [3.05, 3.63) is 82.1 Å². The molecule has 0 aromatic heterocycles. The third-order valence-electron chi connectivity index (χ3n) is 5.30. The SMILES string of the molecule is CCC1C=C(SCc2cccc(OC(F)(F)F)c2)N2C=CN(c3cccc(Cl)c3C)C(=O)C2=N1. The van der Waals surface area contributed by atoms with Crippen LogP contribution in [0.3, 0.4) is 0 Å². The molecule has 0 saturated heterocycles. The second-order valence-electron chi connectivity index (χ2n) is 7.64. The molecule has 34 heavy (non-hydrogen) atoms. The molecule has 1 amide bonds. The van der Waals surface area contributed by atoms with Gasteiger partial charge in [0.05, 0.1) is 16.8 Å². The topological polar surface area (TPSA) is 45.1 Å². The number of benzene rings is 2. The summed E-state index contributed by atoms with van der Waals surface area (Å²) in [6, 6.07) is 11.0. The largest absolute Gasteiger partial charge is 0.573 e. The van der Waals surface area contributed by atoms with Gasteiger partial charge in [-0.1, -0.05) is 36.7 Å². The Labute approximate surface area is 204 Å². The summed E-state index contributed by atoms with van der Waals surface area (Å²) in [5.74, 6) is 0.128. The summed E-state index contributed by atoms with van der Waals surface area (Å²) in [4.78, 5) is 21.2. The van der Waals surface area contributed by atoms with Gasteiger partial charge in [0.2, 0.25) is 5.84 Å². The van der Waals surface area contributed by atoms with Gasteiger partial charge in [0.25, 0.3) is 5.91 Å². The van der Waals surface area contributed by atoms with E-state index in [0.717, 1.165) is 10.6 Å². The standard InChI is InChI=1S/C24H21ClF3N3O2S/c1-3-17-13-21(34-14-16-6-4-7-18(12-16)33-24(26,27)28)31-11-10-30(23(32)22(31)29-17)20-9-5-8-19(25)15(20)2/h4-13,17H,3,14H2,1-2H3. The number of amidine groups is 1. The van der Waals surface area contributed by atoms with Gasteiger partial charge in [-0.05, 0) is 54.8 Å². The second kappa shape index (κ2) is 9.76. The lowest BCUT2D eigenvalue weighted by molar-refractivity contribution is -0.274. The highest BCUT2D eigenvalue weighted by molar-refractivity contribution is 8.02. The van der Waals surface area contributed by atoms with Crippen LogP contribution in [0.1, 0.15) is 24.5 Å². The zero-order valence-electron chi connectivity index (χ0n) is 18.3. The summed E-state index contributed by atoms with van der Waals surface area (Å²) in [5.41, 5.74) is 2.12. The van der Waals surface area contributed by atoms with Crippen molar-refractivity contribution < 1.29 is 22.7 Å². The molecule has 0 bridgehead atoms. The molecule has 1 unspecified atom stereocenters. The summed E-state index contributed by atoms with van der Waals surface area (Å²) < 4.78 is 41.7. The number of hydrogen-bond donors (Lipinski definition) is 0. The zero-order valence-corrected chi connectivity index (χ0v) is 19.9. The van der Waals surface area contributed by atoms with E-state index in [-0.39, 0.29) is 23.5 Å². The molecule has 2 aromatic carbocycles. The number of alkyl halides is 3. The number of thioether (sulfide) groups is 1. The van der Waals surface area contributed by atoms with Gasteiger partial charge in [0.1, 0.15) is 5.75 Å². The van der Waals surface area contributed by atoms with Crippen molar-refractivity contribution in [2.75, 3.05) is 4.90 Å². The number of fused-ring (bicyclic) bond motifs is 1. The number of carbonyl (C=O) groups excluding carboxylic acids is 1. The van der Waals surface area contributed by atoms with Crippen molar-refractivity contribution in [3.8, 4) is 5.75 Å². The average Bonchev–Trinajstić information content (AvgIpc) is 2.79. The van der Waals surface area contributed by atoms with E-state index < -0.39 is 6.36 Å². The lowest BCUT2D eigenvalue weighted by Gasteiger charge is -2.35. The van der Waals surface area contributed by atoms with Crippen LogP contribution in [0.4, 0.5) is 18.9 Å². The van der Waals surface area contributed by atoms with Gasteiger partial charge in [-0.3, -0.25) is 19.6 Å². The van der Waals surface area contributed by atoms with Gasteiger partial charge in [0.15, 0.2) is 0 Å². The third kappa shape index (κ3) is 5.26. The van der Waals surface area contributed by atoms with Gasteiger partial charge < -0.3 is 4.74 Å². The first-order valence-corrected chi connectivity index (χ1v) is 11.9. The van der Waals surface area contributed by atoms with Crippen molar-refractivity contribution in [3.63, 3.8) is 0 Å². The van der Waals surface area contributed by atoms with E-state index in [9.17, 15) is 18.0 Å². The fraction of sp³-hybridized carbons (Fsp3) is 0.250. The first-order valence-electron chi connectivity index (χ1n) is 10.5. The van der Waals surface area contributed by atoms with Crippen molar-refractivity contribution in [1.82, 2.24) is 4.90 Å². The van der Waals surface area contributed by atoms with Crippen molar-refractivity contribution >= 4 is 40.8 Å². The molecule has 0 saturated carbocycles. The molecule has 2 aromatic rings. The Morgan fingerprint density at radius 2 is 1.88 bits per heavy atom. The molecular weight excluding hydrogens is 487 g/mol. The molecule has 0 fully saturated rings. The van der Waals surface area contributed by atoms with E-state index in [1.165, 1.54) is 34.9 Å². The molecule has 1 atom stereocenters. The summed E-state index contributed by atoms with van der Waals surface area (Å²) in [6.07, 6.45) is 1.34. The fourth-order valence-corrected chi connectivity index (χ4v) is 4.78. The van der Waals surface area contributed by atoms with Gasteiger partial charge in [-0.15, -0.1) is 24.9 Å². The number of carbonyl (C=O) groups is 1. The minimum absolute atomic E-state index is 0.189. The minimum Gasteiger partial charge on any atom is -0.406 e. The first-order chi connectivity index (χ1) is 16.2. The van der Waals surface area contributed by atoms with Crippen LogP contribution >= 0.6 is 23.4 Å². The maximum atomic E-state index is 13.4. The number of hydrogen-bond acceptors (Lipinski definition) is 5. The Morgan fingerprint density at radius 3 is 2.62 bits per heavy atom. The monoisotopic (exact) mass is 507 g/mol. The molecule has 0 spiro atoms. The highest BCUT2D eigenvalue weighted by Gasteiger charge is 2.34. The quantitative estimate of drug-likeness (QED) is 0.440. The normalized spacial score (nSPS) is 17.9. The molecule has 2 heterocycles. The average molecular weight is 508 g/mol. The molecule has 2 aliphatic rings. The summed E-state index contributed by atoms with van der Waals surface area (Å²) in [6.45, 7) is 3.82. The van der Waals surface area contributed by atoms with Crippen LogP contribution in [0.2, 0.25) is 5.02 Å². The number of ether oxygens (including phenoxy) is 1. The van der Waals surface area contributed by atoms with E-state index in [2.05, 4.69) is 9.73 Å². The maximum absolute atomic E-state index is 13.4. The van der Waals surface area contributed by atoms with E-state index in [1.54, 1.807) is 35.5 Å². The van der Waals surface area contributed by atoms with Gasteiger partial charge in [-0.25, -0.2) is 0 Å². The van der Waals surface area contributed by atoms with Gasteiger partial charge in [-0.2, -0.15) is 0 Å². The third-order valence-corrected chi connectivity index (χ3v) is 6.81. The number of anilines is 1. The van der Waals surface area contributed by atoms with Crippen LogP contribution in [0.15, 0.2) is 71.0 Å². The molecule has 10 heteroatoms. The number of nitrogens with zero attached hydrogens (tertiary/aromatic N) is 3. The highest BCUT2D eigenvalue weighted by Crippen LogP contribution is 2.35. The lowest BCUT2D eigenvalue weighted by Crippen LogP contribution is -2.46. The Hall–Kier alpha value is -2.91. The van der Waals surface area contributed by atoms with Crippen LogP contribution in [0.25, 0.3) is 0 Å². The van der Waals surface area contributed by atoms with Crippen LogP contribution in [0, 0.1) is 6.92 Å². The van der Waals surface area contributed by atoms with Crippen LogP contribution in [-0.4, -0.2) is 29.0 Å². The Balaban J connectivity index is 1.56. The van der Waals surface area contributed by atoms with Crippen LogP contribution in [0.5, 0.6) is 5.75 Å². The van der Waals surface area contributed by atoms with Crippen LogP contribution in [-0.2, 0) is 10.5 Å². The molecule has 0 aliphatic carbocycles. The Morgan fingerprint density at radius 1 is 1.15 bits per heavy atom. The Kier molecular flexibility index (Phi) is 6.95. The molecule has 5 nitrogen and oxygen atoms in total. The van der Waals surface area contributed by atoms with E-state index in [0.29, 0.717) is 28.4 Å². The summed E-state index contributed by atoms with van der Waals surface area (Å²) >= 11 is 7.66. The van der Waals surface area contributed by atoms with Gasteiger partial charge in [0, 0.05) is 23.2 Å². The number of rotatable bonds is 6. The second-order valence-corrected chi connectivity index (χ2v) is 9.05. The highest BCUT2D eigenvalue weighted by atomic mass is 35.5. The fourth-order valence-electron chi connectivity index (χ4n) is 3.58. The van der Waals surface area contributed by atoms with Gasteiger partial charge >= 0.3 is 6.36 Å². The van der Waals surface area contributed by atoms with Crippen molar-refractivity contribution in [1.29, 1.82) is 0 Å². The van der Waals surface area contributed by atoms with Crippen molar-refractivity contribution in [2.24, 2.45) is 4.99 Å². The molecule has 178 valence electrons. The smallest absolute Gasteiger partial charge is 0.406 e. The van der Waals surface area contributed by atoms with Crippen molar-refractivity contribution in [2.45, 2.75) is 38.4 Å². The maximum Gasteiger partial charge on any atom is 0.573 e. The molecule has 2 aliphatic heterocycles. The molecule has 4 rings (SSSR count). The Bertz CT molecular complexity index is 1200. The summed E-state index contributed by atoms with van der Waals surface area (Å²) in [5, 5.41) is 1.34. The molecular formula is C24H21ClF3N3O2S. The first kappa shape index (κ1) is 24.2. The lowest BCUT2D eigenvalue weighted by atomic mass is 10.1. The number of aliphatic imine (C=N–C) groups is 1. The van der Waals surface area contributed by atoms with E-state index >= 15 is 0 Å². The predicted octanol–water partition coefficient (Wildman–Crippen LogP) is 6.63. The number of halogens is 4. The predicted molar refractivity (Wildman–Crippen MR) is 129 cm³/mol. The zero-order chi connectivity index (χ0) is 24.5. The minimum atomic E-state index is -4.75. The number of amides is 1. The van der Waals surface area contributed by atoms with E-state index in [1.807, 2.05) is 26.0 Å². The van der Waals surface area contributed by atoms with E-state index in [4.69, 9.17) is 11.6 Å². The summed E-state index contributed by atoms with van der Waals surface area (Å²) in [7, 11) is 0.